The van der Waals surface area contributed by atoms with Gasteiger partial charge in [-0.15, -0.1) is 0 Å². The molecule has 1 aliphatic rings. The summed E-state index contributed by atoms with van der Waals surface area (Å²) in [6.07, 6.45) is 2.43. The Labute approximate surface area is 161 Å². The van der Waals surface area contributed by atoms with Crippen molar-refractivity contribution in [2.24, 2.45) is 5.92 Å². The first kappa shape index (κ1) is 17.5. The van der Waals surface area contributed by atoms with Crippen LogP contribution in [-0.4, -0.2) is 30.1 Å². The SMILES string of the molecule is CC1CCN(c2cc(-c3ccccc3)nc(N(C)c3ccccc3)n2)CC1. The van der Waals surface area contributed by atoms with Crippen LogP contribution >= 0.6 is 0 Å². The maximum Gasteiger partial charge on any atom is 0.232 e. The molecule has 1 aromatic heterocycles. The van der Waals surface area contributed by atoms with Crippen molar-refractivity contribution in [3.8, 4) is 11.3 Å². The van der Waals surface area contributed by atoms with Gasteiger partial charge in [0.05, 0.1) is 5.69 Å². The maximum absolute atomic E-state index is 4.92. The Morgan fingerprint density at radius 3 is 2.19 bits per heavy atom. The molecule has 0 N–H and O–H groups in total. The van der Waals surface area contributed by atoms with E-state index in [-0.39, 0.29) is 0 Å². The van der Waals surface area contributed by atoms with Crippen LogP contribution in [0, 0.1) is 5.92 Å². The molecule has 4 heteroatoms. The van der Waals surface area contributed by atoms with E-state index in [9.17, 15) is 0 Å². The molecule has 3 aromatic rings. The Morgan fingerprint density at radius 2 is 1.52 bits per heavy atom. The van der Waals surface area contributed by atoms with E-state index in [1.807, 2.05) is 31.3 Å². The van der Waals surface area contributed by atoms with Crippen molar-refractivity contribution in [1.29, 1.82) is 0 Å². The van der Waals surface area contributed by atoms with Crippen LogP contribution in [0.15, 0.2) is 66.7 Å². The largest absolute Gasteiger partial charge is 0.356 e. The minimum absolute atomic E-state index is 0.733. The summed E-state index contributed by atoms with van der Waals surface area (Å²) >= 11 is 0. The molecule has 1 aliphatic heterocycles. The van der Waals surface area contributed by atoms with E-state index < -0.39 is 0 Å². The van der Waals surface area contributed by atoms with Gasteiger partial charge in [0.2, 0.25) is 5.95 Å². The number of hydrogen-bond donors (Lipinski definition) is 0. The van der Waals surface area contributed by atoms with Gasteiger partial charge in [-0.25, -0.2) is 4.98 Å². The quantitative estimate of drug-likeness (QED) is 0.646. The predicted molar refractivity (Wildman–Crippen MR) is 113 cm³/mol. The summed E-state index contributed by atoms with van der Waals surface area (Å²) < 4.78 is 0. The van der Waals surface area contributed by atoms with E-state index in [2.05, 4.69) is 59.2 Å². The molecule has 0 spiro atoms. The average molecular weight is 358 g/mol. The summed E-state index contributed by atoms with van der Waals surface area (Å²) in [5, 5.41) is 0. The number of aromatic nitrogens is 2. The Bertz CT molecular complexity index is 871. The number of benzene rings is 2. The summed E-state index contributed by atoms with van der Waals surface area (Å²) in [5.74, 6) is 2.55. The van der Waals surface area contributed by atoms with Gasteiger partial charge in [-0.3, -0.25) is 0 Å². The number of hydrogen-bond acceptors (Lipinski definition) is 4. The zero-order chi connectivity index (χ0) is 18.6. The summed E-state index contributed by atoms with van der Waals surface area (Å²) in [6, 6.07) is 22.8. The third kappa shape index (κ3) is 3.95. The number of rotatable bonds is 4. The fourth-order valence-electron chi connectivity index (χ4n) is 3.50. The van der Waals surface area contributed by atoms with E-state index in [1.165, 1.54) is 12.8 Å². The van der Waals surface area contributed by atoms with E-state index >= 15 is 0 Å². The molecular weight excluding hydrogens is 332 g/mol. The second-order valence-corrected chi connectivity index (χ2v) is 7.34. The highest BCUT2D eigenvalue weighted by Crippen LogP contribution is 2.29. The average Bonchev–Trinajstić information content (AvgIpc) is 2.74. The summed E-state index contributed by atoms with van der Waals surface area (Å²) in [4.78, 5) is 14.3. The summed E-state index contributed by atoms with van der Waals surface area (Å²) in [7, 11) is 2.03. The molecule has 138 valence electrons. The molecular formula is C23H26N4. The third-order valence-corrected chi connectivity index (χ3v) is 5.32. The number of piperidine rings is 1. The van der Waals surface area contributed by atoms with E-state index in [0.29, 0.717) is 0 Å². The van der Waals surface area contributed by atoms with Crippen molar-refractivity contribution < 1.29 is 0 Å². The van der Waals surface area contributed by atoms with E-state index in [0.717, 1.165) is 47.7 Å². The highest BCUT2D eigenvalue weighted by molar-refractivity contribution is 5.67. The lowest BCUT2D eigenvalue weighted by Crippen LogP contribution is -2.33. The fraction of sp³-hybridized carbons (Fsp3) is 0.304. The minimum atomic E-state index is 0.733. The molecule has 0 radical (unpaired) electrons. The first-order valence-electron chi connectivity index (χ1n) is 9.69. The molecule has 27 heavy (non-hydrogen) atoms. The maximum atomic E-state index is 4.92. The number of anilines is 3. The van der Waals surface area contributed by atoms with E-state index in [4.69, 9.17) is 9.97 Å². The highest BCUT2D eigenvalue weighted by Gasteiger charge is 2.20. The number of nitrogens with zero attached hydrogens (tertiary/aromatic N) is 4. The van der Waals surface area contributed by atoms with Gasteiger partial charge in [0, 0.05) is 37.5 Å². The van der Waals surface area contributed by atoms with Crippen LogP contribution in [0.5, 0.6) is 0 Å². The first-order valence-corrected chi connectivity index (χ1v) is 9.69. The van der Waals surface area contributed by atoms with Gasteiger partial charge in [0.1, 0.15) is 5.82 Å². The summed E-state index contributed by atoms with van der Waals surface area (Å²) in [6.45, 7) is 4.45. The third-order valence-electron chi connectivity index (χ3n) is 5.32. The lowest BCUT2D eigenvalue weighted by atomic mass is 9.99. The van der Waals surface area contributed by atoms with Crippen molar-refractivity contribution in [3.05, 3.63) is 66.7 Å². The first-order chi connectivity index (χ1) is 13.2. The van der Waals surface area contributed by atoms with Gasteiger partial charge in [0.25, 0.3) is 0 Å². The van der Waals surface area contributed by atoms with Crippen LogP contribution in [0.2, 0.25) is 0 Å². The smallest absolute Gasteiger partial charge is 0.232 e. The molecule has 0 unspecified atom stereocenters. The minimum Gasteiger partial charge on any atom is -0.356 e. The second kappa shape index (κ2) is 7.78. The van der Waals surface area contributed by atoms with Gasteiger partial charge >= 0.3 is 0 Å². The van der Waals surface area contributed by atoms with Crippen molar-refractivity contribution in [2.45, 2.75) is 19.8 Å². The van der Waals surface area contributed by atoms with Crippen LogP contribution in [0.25, 0.3) is 11.3 Å². The molecule has 0 aliphatic carbocycles. The molecule has 0 saturated carbocycles. The van der Waals surface area contributed by atoms with Gasteiger partial charge in [-0.1, -0.05) is 55.5 Å². The zero-order valence-electron chi connectivity index (χ0n) is 16.0. The Morgan fingerprint density at radius 1 is 0.889 bits per heavy atom. The van der Waals surface area contributed by atoms with Gasteiger partial charge in [0.15, 0.2) is 0 Å². The molecule has 0 bridgehead atoms. The molecule has 0 amide bonds. The van der Waals surface area contributed by atoms with Gasteiger partial charge in [-0.2, -0.15) is 4.98 Å². The molecule has 4 nitrogen and oxygen atoms in total. The monoisotopic (exact) mass is 358 g/mol. The molecule has 0 atom stereocenters. The van der Waals surface area contributed by atoms with Crippen LogP contribution in [0.1, 0.15) is 19.8 Å². The fourth-order valence-corrected chi connectivity index (χ4v) is 3.50. The summed E-state index contributed by atoms with van der Waals surface area (Å²) in [5.41, 5.74) is 3.17. The molecule has 2 heterocycles. The number of para-hydroxylation sites is 1. The zero-order valence-corrected chi connectivity index (χ0v) is 16.0. The van der Waals surface area contributed by atoms with Crippen molar-refractivity contribution in [2.75, 3.05) is 29.9 Å². The normalized spacial score (nSPS) is 15.0. The Hall–Kier alpha value is -2.88. The van der Waals surface area contributed by atoms with E-state index in [1.54, 1.807) is 0 Å². The Kier molecular flexibility index (Phi) is 5.05. The van der Waals surface area contributed by atoms with Crippen LogP contribution in [0.4, 0.5) is 17.5 Å². The van der Waals surface area contributed by atoms with Crippen molar-refractivity contribution in [3.63, 3.8) is 0 Å². The second-order valence-electron chi connectivity index (χ2n) is 7.34. The molecule has 1 saturated heterocycles. The van der Waals surface area contributed by atoms with Crippen LogP contribution < -0.4 is 9.80 Å². The van der Waals surface area contributed by atoms with Crippen LogP contribution in [0.3, 0.4) is 0 Å². The topological polar surface area (TPSA) is 32.3 Å². The lowest BCUT2D eigenvalue weighted by Gasteiger charge is -2.32. The van der Waals surface area contributed by atoms with Gasteiger partial charge < -0.3 is 9.80 Å². The lowest BCUT2D eigenvalue weighted by molar-refractivity contribution is 0.436. The van der Waals surface area contributed by atoms with Gasteiger partial charge in [-0.05, 0) is 30.9 Å². The van der Waals surface area contributed by atoms with Crippen molar-refractivity contribution in [1.82, 2.24) is 9.97 Å². The van der Waals surface area contributed by atoms with Crippen molar-refractivity contribution >= 4 is 17.5 Å². The Balaban J connectivity index is 1.75. The van der Waals surface area contributed by atoms with Crippen LogP contribution in [-0.2, 0) is 0 Å². The molecule has 2 aromatic carbocycles. The molecule has 1 fully saturated rings. The highest BCUT2D eigenvalue weighted by atomic mass is 15.3. The predicted octanol–water partition coefficient (Wildman–Crippen LogP) is 5.15. The standard InChI is InChI=1S/C23H26N4/c1-18-13-15-27(16-14-18)22-17-21(19-9-5-3-6-10-19)24-23(25-22)26(2)20-11-7-4-8-12-20/h3-12,17-18H,13-16H2,1-2H3. The molecule has 4 rings (SSSR count).